The first kappa shape index (κ1) is 16.9. The maximum atomic E-state index is 12.6. The van der Waals surface area contributed by atoms with Gasteiger partial charge < -0.3 is 5.32 Å². The van der Waals surface area contributed by atoms with Gasteiger partial charge in [0.15, 0.2) is 0 Å². The van der Waals surface area contributed by atoms with Gasteiger partial charge in [0.05, 0.1) is 0 Å². The van der Waals surface area contributed by atoms with Crippen molar-refractivity contribution < 1.29 is 8.42 Å². The molecule has 0 radical (unpaired) electrons. The van der Waals surface area contributed by atoms with Crippen LogP contribution in [0, 0.1) is 0 Å². The first-order chi connectivity index (χ1) is 8.93. The van der Waals surface area contributed by atoms with E-state index in [2.05, 4.69) is 5.32 Å². The average molecular weight is 291 g/mol. The highest BCUT2D eigenvalue weighted by Crippen LogP contribution is 2.16. The lowest BCUT2D eigenvalue weighted by Gasteiger charge is -2.35. The third-order valence-corrected chi connectivity index (χ3v) is 6.05. The molecule has 1 unspecified atom stereocenters. The zero-order valence-electron chi connectivity index (χ0n) is 12.7. The van der Waals surface area contributed by atoms with Crippen molar-refractivity contribution in [3.63, 3.8) is 0 Å². The van der Waals surface area contributed by atoms with E-state index in [1.807, 2.05) is 27.7 Å². The zero-order chi connectivity index (χ0) is 14.5. The molecule has 0 aromatic rings. The quantitative estimate of drug-likeness (QED) is 0.772. The fraction of sp³-hybridized carbons (Fsp3) is 1.00. The molecule has 0 spiro atoms. The highest BCUT2D eigenvalue weighted by Gasteiger charge is 2.32. The standard InChI is InChI=1S/C13H29N3O2S/c1-5-15(6-2)19(17,18)16(12(3)4)11-13-9-7-8-10-14-13/h12-14H,5-11H2,1-4H3. The molecule has 5 nitrogen and oxygen atoms in total. The predicted octanol–water partition coefficient (Wildman–Crippen LogP) is 1.43. The second kappa shape index (κ2) is 7.57. The topological polar surface area (TPSA) is 52.7 Å². The van der Waals surface area contributed by atoms with E-state index in [4.69, 9.17) is 0 Å². The van der Waals surface area contributed by atoms with Crippen LogP contribution in [-0.4, -0.2) is 55.3 Å². The molecule has 1 heterocycles. The van der Waals surface area contributed by atoms with Gasteiger partial charge in [-0.3, -0.25) is 0 Å². The van der Waals surface area contributed by atoms with Gasteiger partial charge in [-0.25, -0.2) is 0 Å². The average Bonchev–Trinajstić information content (AvgIpc) is 2.37. The molecule has 114 valence electrons. The molecular weight excluding hydrogens is 262 g/mol. The van der Waals surface area contributed by atoms with Crippen LogP contribution in [-0.2, 0) is 10.2 Å². The van der Waals surface area contributed by atoms with Crippen molar-refractivity contribution in [1.29, 1.82) is 0 Å². The summed E-state index contributed by atoms with van der Waals surface area (Å²) in [5.41, 5.74) is 0. The van der Waals surface area contributed by atoms with Gasteiger partial charge in [0.25, 0.3) is 10.2 Å². The Balaban J connectivity index is 2.81. The Morgan fingerprint density at radius 2 is 1.84 bits per heavy atom. The van der Waals surface area contributed by atoms with Gasteiger partial charge in [-0.05, 0) is 33.2 Å². The molecule has 1 saturated heterocycles. The van der Waals surface area contributed by atoms with Crippen LogP contribution in [0.3, 0.4) is 0 Å². The predicted molar refractivity (Wildman–Crippen MR) is 79.3 cm³/mol. The van der Waals surface area contributed by atoms with Crippen molar-refractivity contribution in [2.45, 2.75) is 59.0 Å². The lowest BCUT2D eigenvalue weighted by molar-refractivity contribution is 0.262. The lowest BCUT2D eigenvalue weighted by Crippen LogP contribution is -2.52. The van der Waals surface area contributed by atoms with Crippen LogP contribution in [0.5, 0.6) is 0 Å². The summed E-state index contributed by atoms with van der Waals surface area (Å²) >= 11 is 0. The van der Waals surface area contributed by atoms with Gasteiger partial charge in [-0.1, -0.05) is 20.3 Å². The van der Waals surface area contributed by atoms with Gasteiger partial charge in [-0.15, -0.1) is 0 Å². The van der Waals surface area contributed by atoms with Crippen molar-refractivity contribution in [1.82, 2.24) is 13.9 Å². The Labute approximate surface area is 118 Å². The van der Waals surface area contributed by atoms with Crippen molar-refractivity contribution in [2.24, 2.45) is 0 Å². The summed E-state index contributed by atoms with van der Waals surface area (Å²) < 4.78 is 28.4. The molecule has 6 heteroatoms. The van der Waals surface area contributed by atoms with Gasteiger partial charge >= 0.3 is 0 Å². The minimum Gasteiger partial charge on any atom is -0.313 e. The smallest absolute Gasteiger partial charge is 0.282 e. The summed E-state index contributed by atoms with van der Waals surface area (Å²) in [6, 6.07) is 0.288. The molecule has 0 saturated carbocycles. The Morgan fingerprint density at radius 1 is 1.21 bits per heavy atom. The fourth-order valence-electron chi connectivity index (χ4n) is 2.57. The van der Waals surface area contributed by atoms with Crippen LogP contribution < -0.4 is 5.32 Å². The second-order valence-corrected chi connectivity index (χ2v) is 7.28. The summed E-state index contributed by atoms with van der Waals surface area (Å²) in [7, 11) is -3.34. The molecule has 0 aromatic heterocycles. The summed E-state index contributed by atoms with van der Waals surface area (Å²) in [5.74, 6) is 0. The SMILES string of the molecule is CCN(CC)S(=O)(=O)N(CC1CCCCN1)C(C)C. The molecule has 1 rings (SSSR count). The third kappa shape index (κ3) is 4.41. The molecule has 1 aliphatic heterocycles. The molecule has 19 heavy (non-hydrogen) atoms. The number of piperidine rings is 1. The number of rotatable bonds is 7. The summed E-state index contributed by atoms with van der Waals surface area (Å²) in [4.78, 5) is 0. The van der Waals surface area contributed by atoms with E-state index in [9.17, 15) is 8.42 Å². The minimum atomic E-state index is -3.34. The molecule has 0 amide bonds. The number of hydrogen-bond acceptors (Lipinski definition) is 3. The minimum absolute atomic E-state index is 0.00525. The Kier molecular flexibility index (Phi) is 6.73. The number of hydrogen-bond donors (Lipinski definition) is 1. The van der Waals surface area contributed by atoms with Crippen LogP contribution in [0.4, 0.5) is 0 Å². The molecule has 1 N–H and O–H groups in total. The van der Waals surface area contributed by atoms with Gasteiger partial charge in [0.1, 0.15) is 0 Å². The van der Waals surface area contributed by atoms with E-state index in [1.165, 1.54) is 17.1 Å². The van der Waals surface area contributed by atoms with Crippen LogP contribution in [0.15, 0.2) is 0 Å². The van der Waals surface area contributed by atoms with E-state index in [0.717, 1.165) is 13.0 Å². The van der Waals surface area contributed by atoms with Gasteiger partial charge in [0, 0.05) is 31.7 Å². The molecule has 0 aliphatic carbocycles. The molecule has 0 aromatic carbocycles. The number of nitrogens with zero attached hydrogens (tertiary/aromatic N) is 2. The first-order valence-corrected chi connectivity index (χ1v) is 8.83. The van der Waals surface area contributed by atoms with E-state index in [1.54, 1.807) is 4.31 Å². The molecule has 1 atom stereocenters. The maximum absolute atomic E-state index is 12.6. The van der Waals surface area contributed by atoms with E-state index < -0.39 is 10.2 Å². The summed E-state index contributed by atoms with van der Waals surface area (Å²) in [5, 5.41) is 3.43. The van der Waals surface area contributed by atoms with Crippen LogP contribution in [0.25, 0.3) is 0 Å². The van der Waals surface area contributed by atoms with Crippen molar-refractivity contribution >= 4 is 10.2 Å². The monoisotopic (exact) mass is 291 g/mol. The van der Waals surface area contributed by atoms with Crippen LogP contribution in [0.2, 0.25) is 0 Å². The summed E-state index contributed by atoms with van der Waals surface area (Å²) in [6.07, 6.45) is 3.45. The molecule has 1 aliphatic rings. The zero-order valence-corrected chi connectivity index (χ0v) is 13.5. The second-order valence-electron chi connectivity index (χ2n) is 5.40. The van der Waals surface area contributed by atoms with E-state index in [-0.39, 0.29) is 6.04 Å². The van der Waals surface area contributed by atoms with Gasteiger partial charge in [-0.2, -0.15) is 17.0 Å². The van der Waals surface area contributed by atoms with Crippen molar-refractivity contribution in [3.05, 3.63) is 0 Å². The largest absolute Gasteiger partial charge is 0.313 e. The molecular formula is C13H29N3O2S. The number of nitrogens with one attached hydrogen (secondary N) is 1. The lowest BCUT2D eigenvalue weighted by atomic mass is 10.1. The van der Waals surface area contributed by atoms with E-state index >= 15 is 0 Å². The third-order valence-electron chi connectivity index (χ3n) is 3.72. The molecule has 1 fully saturated rings. The maximum Gasteiger partial charge on any atom is 0.282 e. The van der Waals surface area contributed by atoms with Crippen molar-refractivity contribution in [3.8, 4) is 0 Å². The molecule has 0 bridgehead atoms. The highest BCUT2D eigenvalue weighted by atomic mass is 32.2. The van der Waals surface area contributed by atoms with Crippen LogP contribution >= 0.6 is 0 Å². The normalized spacial score (nSPS) is 21.5. The highest BCUT2D eigenvalue weighted by molar-refractivity contribution is 7.86. The Bertz CT molecular complexity index is 347. The van der Waals surface area contributed by atoms with E-state index in [0.29, 0.717) is 25.7 Å². The Morgan fingerprint density at radius 3 is 2.26 bits per heavy atom. The fourth-order valence-corrected chi connectivity index (χ4v) is 4.42. The first-order valence-electron chi connectivity index (χ1n) is 7.43. The Hall–Kier alpha value is -0.170. The summed E-state index contributed by atoms with van der Waals surface area (Å²) in [6.45, 7) is 10.3. The van der Waals surface area contributed by atoms with Crippen LogP contribution in [0.1, 0.15) is 47.0 Å². The van der Waals surface area contributed by atoms with Gasteiger partial charge in [0.2, 0.25) is 0 Å². The van der Waals surface area contributed by atoms with Crippen molar-refractivity contribution in [2.75, 3.05) is 26.2 Å².